The molecule has 1 heteroatoms. The summed E-state index contributed by atoms with van der Waals surface area (Å²) < 4.78 is 0. The van der Waals surface area contributed by atoms with Gasteiger partial charge in [-0.1, -0.05) is 79.4 Å². The molecule has 0 radical (unpaired) electrons. The second-order valence-corrected chi connectivity index (χ2v) is 4.56. The van der Waals surface area contributed by atoms with E-state index in [2.05, 4.69) is 68.4 Å². The van der Waals surface area contributed by atoms with Crippen molar-refractivity contribution in [3.05, 3.63) is 60.2 Å². The van der Waals surface area contributed by atoms with Crippen molar-refractivity contribution in [2.75, 3.05) is 0 Å². The standard InChI is InChI=1S/C15H17B/c1-12(2)13-8-10-15(11-9-13)16-14-6-4-3-5-7-14/h3-12,16H,1-2H3. The zero-order valence-electron chi connectivity index (χ0n) is 9.98. The first-order chi connectivity index (χ1) is 7.75. The van der Waals surface area contributed by atoms with Gasteiger partial charge in [0.25, 0.3) is 0 Å². The maximum atomic E-state index is 2.24. The molecule has 0 fully saturated rings. The summed E-state index contributed by atoms with van der Waals surface area (Å²) in [6.45, 7) is 4.46. The van der Waals surface area contributed by atoms with Gasteiger partial charge in [-0.25, -0.2) is 0 Å². The van der Waals surface area contributed by atoms with E-state index in [0.717, 1.165) is 7.28 Å². The van der Waals surface area contributed by atoms with Crippen LogP contribution in [0.2, 0.25) is 0 Å². The molecule has 0 aliphatic rings. The van der Waals surface area contributed by atoms with Crippen LogP contribution in [0.25, 0.3) is 0 Å². The number of hydrogen-bond donors (Lipinski definition) is 0. The number of rotatable bonds is 3. The predicted molar refractivity (Wildman–Crippen MR) is 73.4 cm³/mol. The lowest BCUT2D eigenvalue weighted by atomic mass is 9.64. The molecule has 0 atom stereocenters. The van der Waals surface area contributed by atoms with Crippen molar-refractivity contribution in [2.24, 2.45) is 0 Å². The minimum Gasteiger partial charge on any atom is -0.0786 e. The van der Waals surface area contributed by atoms with Crippen molar-refractivity contribution in [3.63, 3.8) is 0 Å². The smallest absolute Gasteiger partial charge is 0.0786 e. The number of hydrogen-bond acceptors (Lipinski definition) is 0. The lowest BCUT2D eigenvalue weighted by molar-refractivity contribution is 0.867. The average Bonchev–Trinajstić information content (AvgIpc) is 2.31. The highest BCUT2D eigenvalue weighted by Crippen LogP contribution is 2.11. The normalized spacial score (nSPS) is 10.4. The fourth-order valence-corrected chi connectivity index (χ4v) is 1.85. The second-order valence-electron chi connectivity index (χ2n) is 4.56. The van der Waals surface area contributed by atoms with Crippen LogP contribution in [0.5, 0.6) is 0 Å². The molecule has 0 saturated carbocycles. The summed E-state index contributed by atoms with van der Waals surface area (Å²) in [7, 11) is 1.03. The highest BCUT2D eigenvalue weighted by Gasteiger charge is 2.00. The molecule has 0 heterocycles. The van der Waals surface area contributed by atoms with Crippen LogP contribution in [-0.4, -0.2) is 7.28 Å². The van der Waals surface area contributed by atoms with Gasteiger partial charge < -0.3 is 0 Å². The van der Waals surface area contributed by atoms with E-state index in [-0.39, 0.29) is 0 Å². The maximum Gasteiger partial charge on any atom is 0.192 e. The zero-order chi connectivity index (χ0) is 11.4. The van der Waals surface area contributed by atoms with E-state index in [1.54, 1.807) is 0 Å². The molecule has 0 amide bonds. The van der Waals surface area contributed by atoms with Crippen LogP contribution in [0.1, 0.15) is 25.3 Å². The molecule has 0 saturated heterocycles. The topological polar surface area (TPSA) is 0 Å². The van der Waals surface area contributed by atoms with E-state index in [0.29, 0.717) is 5.92 Å². The molecule has 2 aromatic rings. The first-order valence-electron chi connectivity index (χ1n) is 5.88. The molecule has 0 aliphatic heterocycles. The Morgan fingerprint density at radius 2 is 1.31 bits per heavy atom. The van der Waals surface area contributed by atoms with Crippen molar-refractivity contribution in [1.82, 2.24) is 0 Å². The first-order valence-corrected chi connectivity index (χ1v) is 5.88. The van der Waals surface area contributed by atoms with Gasteiger partial charge in [0.2, 0.25) is 0 Å². The quantitative estimate of drug-likeness (QED) is 0.678. The Hall–Kier alpha value is -1.50. The minimum absolute atomic E-state index is 0.616. The average molecular weight is 208 g/mol. The van der Waals surface area contributed by atoms with Crippen molar-refractivity contribution in [1.29, 1.82) is 0 Å². The molecule has 80 valence electrons. The minimum atomic E-state index is 0.616. The van der Waals surface area contributed by atoms with E-state index >= 15 is 0 Å². The Morgan fingerprint density at radius 3 is 1.88 bits per heavy atom. The summed E-state index contributed by atoms with van der Waals surface area (Å²) in [6.07, 6.45) is 0. The van der Waals surface area contributed by atoms with E-state index < -0.39 is 0 Å². The molecule has 0 unspecified atom stereocenters. The lowest BCUT2D eigenvalue weighted by Crippen LogP contribution is -2.26. The van der Waals surface area contributed by atoms with Gasteiger partial charge in [-0.2, -0.15) is 0 Å². The molecule has 2 rings (SSSR count). The van der Waals surface area contributed by atoms with Gasteiger partial charge >= 0.3 is 0 Å². The van der Waals surface area contributed by atoms with Gasteiger partial charge in [-0.05, 0) is 11.5 Å². The maximum absolute atomic E-state index is 2.24. The van der Waals surface area contributed by atoms with E-state index in [1.165, 1.54) is 16.5 Å². The summed E-state index contributed by atoms with van der Waals surface area (Å²) in [4.78, 5) is 0. The van der Waals surface area contributed by atoms with Crippen LogP contribution < -0.4 is 10.9 Å². The molecule has 16 heavy (non-hydrogen) atoms. The van der Waals surface area contributed by atoms with Crippen molar-refractivity contribution in [3.8, 4) is 0 Å². The molecular weight excluding hydrogens is 191 g/mol. The number of benzene rings is 2. The van der Waals surface area contributed by atoms with Crippen LogP contribution in [0, 0.1) is 0 Å². The van der Waals surface area contributed by atoms with Crippen LogP contribution >= 0.6 is 0 Å². The predicted octanol–water partition coefficient (Wildman–Crippen LogP) is 2.20. The third-order valence-corrected chi connectivity index (χ3v) is 2.90. The largest absolute Gasteiger partial charge is 0.192 e. The van der Waals surface area contributed by atoms with Crippen LogP contribution in [0.15, 0.2) is 54.6 Å². The first kappa shape index (κ1) is 11.0. The van der Waals surface area contributed by atoms with Crippen molar-refractivity contribution < 1.29 is 0 Å². The van der Waals surface area contributed by atoms with Gasteiger partial charge in [0.15, 0.2) is 7.28 Å². The molecular formula is C15H17B. The Bertz CT molecular complexity index is 429. The van der Waals surface area contributed by atoms with Crippen molar-refractivity contribution in [2.45, 2.75) is 19.8 Å². The van der Waals surface area contributed by atoms with Gasteiger partial charge in [-0.15, -0.1) is 0 Å². The zero-order valence-corrected chi connectivity index (χ0v) is 9.98. The Balaban J connectivity index is 2.11. The third kappa shape index (κ3) is 2.76. The fourth-order valence-electron chi connectivity index (χ4n) is 1.85. The summed E-state index contributed by atoms with van der Waals surface area (Å²) in [5, 5.41) is 0. The summed E-state index contributed by atoms with van der Waals surface area (Å²) in [5.74, 6) is 0.616. The summed E-state index contributed by atoms with van der Waals surface area (Å²) >= 11 is 0. The lowest BCUT2D eigenvalue weighted by Gasteiger charge is -2.06. The van der Waals surface area contributed by atoms with Gasteiger partial charge in [0.1, 0.15) is 0 Å². The monoisotopic (exact) mass is 208 g/mol. The van der Waals surface area contributed by atoms with Gasteiger partial charge in [0, 0.05) is 0 Å². The van der Waals surface area contributed by atoms with Crippen LogP contribution in [0.4, 0.5) is 0 Å². The summed E-state index contributed by atoms with van der Waals surface area (Å²) in [5.41, 5.74) is 4.17. The highest BCUT2D eigenvalue weighted by molar-refractivity contribution is 6.67. The summed E-state index contributed by atoms with van der Waals surface area (Å²) in [6, 6.07) is 19.6. The Labute approximate surface area is 98.6 Å². The second kappa shape index (κ2) is 5.02. The van der Waals surface area contributed by atoms with Crippen LogP contribution in [0.3, 0.4) is 0 Å². The van der Waals surface area contributed by atoms with E-state index in [9.17, 15) is 0 Å². The Morgan fingerprint density at radius 1 is 0.750 bits per heavy atom. The molecule has 2 aromatic carbocycles. The fraction of sp³-hybridized carbons (Fsp3) is 0.200. The molecule has 0 spiro atoms. The molecule has 0 aromatic heterocycles. The van der Waals surface area contributed by atoms with Crippen LogP contribution in [-0.2, 0) is 0 Å². The molecule has 0 aliphatic carbocycles. The Kier molecular flexibility index (Phi) is 3.45. The highest BCUT2D eigenvalue weighted by atomic mass is 14.0. The van der Waals surface area contributed by atoms with E-state index in [1.807, 2.05) is 0 Å². The SMILES string of the molecule is CC(C)c1ccc(Bc2ccccc2)cc1. The third-order valence-electron chi connectivity index (χ3n) is 2.90. The van der Waals surface area contributed by atoms with Gasteiger partial charge in [-0.3, -0.25) is 0 Å². The molecule has 0 nitrogen and oxygen atoms in total. The van der Waals surface area contributed by atoms with Crippen molar-refractivity contribution >= 4 is 18.2 Å². The van der Waals surface area contributed by atoms with Gasteiger partial charge in [0.05, 0.1) is 0 Å². The molecule has 0 bridgehead atoms. The van der Waals surface area contributed by atoms with E-state index in [4.69, 9.17) is 0 Å². The molecule has 0 N–H and O–H groups in total.